The van der Waals surface area contributed by atoms with Crippen molar-refractivity contribution in [3.8, 4) is 0 Å². The lowest BCUT2D eigenvalue weighted by molar-refractivity contribution is -0.140. The van der Waals surface area contributed by atoms with E-state index in [4.69, 9.17) is 11.6 Å². The standard InChI is InChI=1S/C27H38ClN3O4S/c1-7-21(4)29-27(33)22(5)30(18-23-11-8-9-12-25(23)28)26(32)13-10-16-31(36(6,34)35)24-15-14-19(2)20(3)17-24/h8-9,11-12,14-15,17,21-22H,7,10,13,16,18H2,1-6H3,(H,29,33)/t21-,22-/m1/s1. The Kier molecular flexibility index (Phi) is 10.8. The minimum atomic E-state index is -3.54. The number of aryl methyl sites for hydroxylation is 2. The van der Waals surface area contributed by atoms with Crippen LogP contribution in [0.5, 0.6) is 0 Å². The lowest BCUT2D eigenvalue weighted by Crippen LogP contribution is -2.49. The normalized spacial score (nSPS) is 13.1. The highest BCUT2D eigenvalue weighted by Gasteiger charge is 2.27. The number of hydrogen-bond donors (Lipinski definition) is 1. The van der Waals surface area contributed by atoms with Crippen LogP contribution in [0.4, 0.5) is 5.69 Å². The van der Waals surface area contributed by atoms with Crippen LogP contribution in [-0.2, 0) is 26.2 Å². The van der Waals surface area contributed by atoms with E-state index in [-0.39, 0.29) is 37.4 Å². The number of nitrogens with one attached hydrogen (secondary N) is 1. The quantitative estimate of drug-likeness (QED) is 0.421. The molecule has 9 heteroatoms. The first-order chi connectivity index (χ1) is 16.8. The third-order valence-electron chi connectivity index (χ3n) is 6.40. The van der Waals surface area contributed by atoms with Gasteiger partial charge in [-0.25, -0.2) is 8.42 Å². The van der Waals surface area contributed by atoms with E-state index in [1.165, 1.54) is 9.21 Å². The maximum absolute atomic E-state index is 13.4. The summed E-state index contributed by atoms with van der Waals surface area (Å²) in [5, 5.41) is 3.45. The van der Waals surface area contributed by atoms with Gasteiger partial charge in [-0.3, -0.25) is 13.9 Å². The lowest BCUT2D eigenvalue weighted by Gasteiger charge is -2.30. The Hall–Kier alpha value is -2.58. The molecule has 2 atom stereocenters. The summed E-state index contributed by atoms with van der Waals surface area (Å²) in [6.07, 6.45) is 2.32. The van der Waals surface area contributed by atoms with Crippen LogP contribution < -0.4 is 9.62 Å². The monoisotopic (exact) mass is 535 g/mol. The van der Waals surface area contributed by atoms with Crippen LogP contribution in [0, 0.1) is 13.8 Å². The maximum atomic E-state index is 13.4. The second-order valence-electron chi connectivity index (χ2n) is 9.31. The van der Waals surface area contributed by atoms with Crippen LogP contribution in [0.1, 0.15) is 56.7 Å². The van der Waals surface area contributed by atoms with Crippen LogP contribution in [0.15, 0.2) is 42.5 Å². The molecule has 0 saturated carbocycles. The van der Waals surface area contributed by atoms with Gasteiger partial charge in [-0.1, -0.05) is 42.8 Å². The second-order valence-corrected chi connectivity index (χ2v) is 11.6. The fourth-order valence-corrected chi connectivity index (χ4v) is 4.90. The van der Waals surface area contributed by atoms with E-state index in [2.05, 4.69) is 5.32 Å². The number of anilines is 1. The fraction of sp³-hybridized carbons (Fsp3) is 0.481. The Morgan fingerprint density at radius 2 is 1.72 bits per heavy atom. The molecular formula is C27H38ClN3O4S. The van der Waals surface area contributed by atoms with Crippen LogP contribution in [0.2, 0.25) is 5.02 Å². The first kappa shape index (κ1) is 29.6. The topological polar surface area (TPSA) is 86.8 Å². The summed E-state index contributed by atoms with van der Waals surface area (Å²) in [4.78, 5) is 27.7. The molecule has 0 unspecified atom stereocenters. The SMILES string of the molecule is CC[C@@H](C)NC(=O)[C@@H](C)N(Cc1ccccc1Cl)C(=O)CCCN(c1ccc(C)c(C)c1)S(C)(=O)=O. The van der Waals surface area contributed by atoms with Crippen molar-refractivity contribution >= 4 is 39.1 Å². The summed E-state index contributed by atoms with van der Waals surface area (Å²) >= 11 is 6.34. The third kappa shape index (κ3) is 8.23. The molecule has 0 aliphatic carbocycles. The molecule has 2 aromatic rings. The molecule has 0 bridgehead atoms. The van der Waals surface area contributed by atoms with Crippen molar-refractivity contribution < 1.29 is 18.0 Å². The van der Waals surface area contributed by atoms with E-state index >= 15 is 0 Å². The van der Waals surface area contributed by atoms with Gasteiger partial charge in [-0.05, 0) is 75.4 Å². The Balaban J connectivity index is 2.20. The molecule has 0 fully saturated rings. The zero-order valence-electron chi connectivity index (χ0n) is 22.0. The Morgan fingerprint density at radius 1 is 1.06 bits per heavy atom. The molecule has 198 valence electrons. The van der Waals surface area contributed by atoms with Crippen molar-refractivity contribution in [1.29, 1.82) is 0 Å². The van der Waals surface area contributed by atoms with Crippen molar-refractivity contribution in [3.63, 3.8) is 0 Å². The summed E-state index contributed by atoms with van der Waals surface area (Å²) < 4.78 is 26.3. The number of carbonyl (C=O) groups excluding carboxylic acids is 2. The molecule has 0 heterocycles. The minimum absolute atomic E-state index is 0.0153. The van der Waals surface area contributed by atoms with Gasteiger partial charge < -0.3 is 10.2 Å². The van der Waals surface area contributed by atoms with Gasteiger partial charge in [0.15, 0.2) is 0 Å². The highest BCUT2D eigenvalue weighted by atomic mass is 35.5. The number of rotatable bonds is 12. The van der Waals surface area contributed by atoms with E-state index in [1.807, 2.05) is 58.0 Å². The van der Waals surface area contributed by atoms with Gasteiger partial charge in [0.25, 0.3) is 0 Å². The average Bonchev–Trinajstić information content (AvgIpc) is 2.81. The molecule has 2 aromatic carbocycles. The molecule has 0 aliphatic heterocycles. The second kappa shape index (κ2) is 13.1. The summed E-state index contributed by atoms with van der Waals surface area (Å²) in [5.74, 6) is -0.479. The highest BCUT2D eigenvalue weighted by molar-refractivity contribution is 7.92. The van der Waals surface area contributed by atoms with E-state index in [0.29, 0.717) is 17.1 Å². The van der Waals surface area contributed by atoms with Crippen molar-refractivity contribution in [1.82, 2.24) is 10.2 Å². The Labute approximate surface area is 220 Å². The molecule has 2 amide bonds. The summed E-state index contributed by atoms with van der Waals surface area (Å²) in [7, 11) is -3.54. The number of carbonyl (C=O) groups is 2. The number of nitrogens with zero attached hydrogens (tertiary/aromatic N) is 2. The van der Waals surface area contributed by atoms with Gasteiger partial charge in [0.2, 0.25) is 21.8 Å². The van der Waals surface area contributed by atoms with Gasteiger partial charge in [0, 0.05) is 30.6 Å². The van der Waals surface area contributed by atoms with E-state index in [1.54, 1.807) is 19.1 Å². The Morgan fingerprint density at radius 3 is 2.31 bits per heavy atom. The molecule has 2 rings (SSSR count). The van der Waals surface area contributed by atoms with Crippen LogP contribution in [-0.4, -0.2) is 50.0 Å². The number of halogens is 1. The molecule has 0 spiro atoms. The van der Waals surface area contributed by atoms with Gasteiger partial charge in [-0.2, -0.15) is 0 Å². The number of hydrogen-bond acceptors (Lipinski definition) is 4. The zero-order valence-corrected chi connectivity index (χ0v) is 23.6. The van der Waals surface area contributed by atoms with Gasteiger partial charge in [-0.15, -0.1) is 0 Å². The molecule has 0 saturated heterocycles. The molecule has 36 heavy (non-hydrogen) atoms. The minimum Gasteiger partial charge on any atom is -0.352 e. The molecule has 1 N–H and O–H groups in total. The predicted octanol–water partition coefficient (Wildman–Crippen LogP) is 4.84. The molecule has 7 nitrogen and oxygen atoms in total. The summed E-state index contributed by atoms with van der Waals surface area (Å²) in [5.41, 5.74) is 3.37. The molecule has 0 aliphatic rings. The molecular weight excluding hydrogens is 498 g/mol. The number of benzene rings is 2. The number of amides is 2. The summed E-state index contributed by atoms with van der Waals surface area (Å²) in [6, 6.07) is 12.0. The van der Waals surface area contributed by atoms with E-state index < -0.39 is 16.1 Å². The predicted molar refractivity (Wildman–Crippen MR) is 147 cm³/mol. The smallest absolute Gasteiger partial charge is 0.242 e. The van der Waals surface area contributed by atoms with Crippen molar-refractivity contribution in [3.05, 3.63) is 64.2 Å². The van der Waals surface area contributed by atoms with Crippen LogP contribution in [0.25, 0.3) is 0 Å². The number of sulfonamides is 1. The van der Waals surface area contributed by atoms with Crippen LogP contribution >= 0.6 is 11.6 Å². The van der Waals surface area contributed by atoms with Gasteiger partial charge >= 0.3 is 0 Å². The van der Waals surface area contributed by atoms with Crippen molar-refractivity contribution in [2.45, 2.75) is 72.5 Å². The van der Waals surface area contributed by atoms with Crippen molar-refractivity contribution in [2.24, 2.45) is 0 Å². The van der Waals surface area contributed by atoms with Crippen molar-refractivity contribution in [2.75, 3.05) is 17.1 Å². The first-order valence-electron chi connectivity index (χ1n) is 12.2. The van der Waals surface area contributed by atoms with Crippen LogP contribution in [0.3, 0.4) is 0 Å². The lowest BCUT2D eigenvalue weighted by atomic mass is 10.1. The van der Waals surface area contributed by atoms with Gasteiger partial charge in [0.1, 0.15) is 6.04 Å². The molecule has 0 aromatic heterocycles. The average molecular weight is 536 g/mol. The fourth-order valence-electron chi connectivity index (χ4n) is 3.74. The maximum Gasteiger partial charge on any atom is 0.242 e. The van der Waals surface area contributed by atoms with Gasteiger partial charge in [0.05, 0.1) is 11.9 Å². The van der Waals surface area contributed by atoms with E-state index in [9.17, 15) is 18.0 Å². The third-order valence-corrected chi connectivity index (χ3v) is 7.96. The molecule has 0 radical (unpaired) electrons. The Bertz CT molecular complexity index is 1170. The highest BCUT2D eigenvalue weighted by Crippen LogP contribution is 2.23. The zero-order chi connectivity index (χ0) is 27.0. The first-order valence-corrected chi connectivity index (χ1v) is 14.5. The van der Waals surface area contributed by atoms with E-state index in [0.717, 1.165) is 29.4 Å². The summed E-state index contributed by atoms with van der Waals surface area (Å²) in [6.45, 7) is 9.82. The largest absolute Gasteiger partial charge is 0.352 e.